The number of nitrogens with zero attached hydrogens (tertiary/aromatic N) is 4. The lowest BCUT2D eigenvalue weighted by atomic mass is 10.1. The van der Waals surface area contributed by atoms with Gasteiger partial charge in [-0.05, 0) is 35.2 Å². The molecule has 0 amide bonds. The molecular weight excluding hydrogens is 487 g/mol. The Labute approximate surface area is 205 Å². The van der Waals surface area contributed by atoms with E-state index in [4.69, 9.17) is 0 Å². The second kappa shape index (κ2) is 9.26. The summed E-state index contributed by atoms with van der Waals surface area (Å²) in [6.45, 7) is 1.40. The summed E-state index contributed by atoms with van der Waals surface area (Å²) in [5.41, 5.74) is 1.50. The third-order valence-corrected chi connectivity index (χ3v) is 9.43. The maximum absolute atomic E-state index is 13.5. The molecule has 2 aromatic heterocycles. The van der Waals surface area contributed by atoms with Crippen molar-refractivity contribution in [2.24, 2.45) is 0 Å². The van der Waals surface area contributed by atoms with Gasteiger partial charge in [-0.25, -0.2) is 12.8 Å². The minimum atomic E-state index is -3.57. The van der Waals surface area contributed by atoms with Crippen LogP contribution in [0.3, 0.4) is 0 Å². The van der Waals surface area contributed by atoms with Crippen molar-refractivity contribution in [3.63, 3.8) is 0 Å². The Balaban J connectivity index is 1.53. The van der Waals surface area contributed by atoms with E-state index in [9.17, 15) is 22.9 Å². The summed E-state index contributed by atoms with van der Waals surface area (Å²) < 4.78 is 42.5. The summed E-state index contributed by atoms with van der Waals surface area (Å²) >= 11 is 1.18. The van der Waals surface area contributed by atoms with E-state index in [0.717, 1.165) is 10.9 Å². The maximum atomic E-state index is 13.5. The molecule has 0 atom stereocenters. The lowest BCUT2D eigenvalue weighted by Gasteiger charge is -2.36. The Kier molecular flexibility index (Phi) is 6.15. The van der Waals surface area contributed by atoms with E-state index >= 15 is 0 Å². The fraction of sp³-hybridized carbons (Fsp3) is 0.200. The number of piperazine rings is 1. The molecule has 3 heterocycles. The highest BCUT2D eigenvalue weighted by Crippen LogP contribution is 2.31. The number of hydrogen-bond acceptors (Lipinski definition) is 6. The topological polar surface area (TPSA) is 86.4 Å². The van der Waals surface area contributed by atoms with E-state index in [1.54, 1.807) is 29.6 Å². The Bertz CT molecular complexity index is 1580. The van der Waals surface area contributed by atoms with Crippen molar-refractivity contribution >= 4 is 38.0 Å². The number of sulfonamides is 1. The van der Waals surface area contributed by atoms with Crippen molar-refractivity contribution in [3.05, 3.63) is 93.3 Å². The van der Waals surface area contributed by atoms with Crippen LogP contribution in [0.5, 0.6) is 0 Å². The number of benzene rings is 2. The zero-order chi connectivity index (χ0) is 24.6. The van der Waals surface area contributed by atoms with Gasteiger partial charge >= 0.3 is 0 Å². The zero-order valence-corrected chi connectivity index (χ0v) is 20.2. The molecule has 0 unspecified atom stereocenters. The predicted molar refractivity (Wildman–Crippen MR) is 134 cm³/mol. The molecule has 1 aliphatic heterocycles. The van der Waals surface area contributed by atoms with Crippen LogP contribution < -0.4 is 10.5 Å². The number of para-hydroxylation sites is 1. The predicted octanol–water partition coefficient (Wildman–Crippen LogP) is 3.63. The largest absolute Gasteiger partial charge is 0.367 e. The molecule has 1 fully saturated rings. The number of aromatic nitrogens is 1. The number of rotatable bonds is 5. The molecule has 10 heteroatoms. The van der Waals surface area contributed by atoms with Gasteiger partial charge in [0.2, 0.25) is 0 Å². The average Bonchev–Trinajstić information content (AvgIpc) is 3.43. The highest BCUT2D eigenvalue weighted by molar-refractivity contribution is 7.91. The van der Waals surface area contributed by atoms with Crippen molar-refractivity contribution in [2.45, 2.75) is 10.8 Å². The molecule has 0 bridgehead atoms. The molecule has 1 aliphatic rings. The summed E-state index contributed by atoms with van der Waals surface area (Å²) in [5, 5.41) is 12.4. The molecule has 1 saturated heterocycles. The fourth-order valence-corrected chi connectivity index (χ4v) is 7.00. The molecule has 0 radical (unpaired) electrons. The van der Waals surface area contributed by atoms with Crippen LogP contribution in [0.15, 0.2) is 75.0 Å². The van der Waals surface area contributed by atoms with Crippen LogP contribution in [0.25, 0.3) is 10.9 Å². The van der Waals surface area contributed by atoms with E-state index in [2.05, 4.69) is 6.07 Å². The van der Waals surface area contributed by atoms with Gasteiger partial charge < -0.3 is 9.47 Å². The van der Waals surface area contributed by atoms with Crippen molar-refractivity contribution in [1.29, 1.82) is 5.26 Å². The normalized spacial score (nSPS) is 14.8. The smallest absolute Gasteiger partial charge is 0.271 e. The van der Waals surface area contributed by atoms with Crippen LogP contribution >= 0.6 is 11.3 Å². The van der Waals surface area contributed by atoms with Crippen LogP contribution in [-0.4, -0.2) is 43.5 Å². The molecule has 2 aromatic carbocycles. The van der Waals surface area contributed by atoms with Gasteiger partial charge in [0.25, 0.3) is 15.6 Å². The monoisotopic (exact) mass is 508 g/mol. The Morgan fingerprint density at radius 1 is 0.971 bits per heavy atom. The van der Waals surface area contributed by atoms with Crippen LogP contribution in [0, 0.1) is 17.1 Å². The first kappa shape index (κ1) is 23.2. The first-order valence-corrected chi connectivity index (χ1v) is 13.3. The molecule has 4 aromatic rings. The lowest BCUT2D eigenvalue weighted by Crippen LogP contribution is -2.49. The third kappa shape index (κ3) is 4.23. The number of thiophene rings is 1. The van der Waals surface area contributed by atoms with E-state index in [-0.39, 0.29) is 31.0 Å². The minimum Gasteiger partial charge on any atom is -0.367 e. The maximum Gasteiger partial charge on any atom is 0.271 e. The van der Waals surface area contributed by atoms with E-state index < -0.39 is 15.6 Å². The van der Waals surface area contributed by atoms with E-state index in [1.807, 2.05) is 29.2 Å². The summed E-state index contributed by atoms with van der Waals surface area (Å²) in [6, 6.07) is 18.6. The van der Waals surface area contributed by atoms with Crippen LogP contribution in [-0.2, 0) is 16.6 Å². The molecule has 0 aliphatic carbocycles. The number of fused-ring (bicyclic) bond motifs is 1. The molecule has 5 rings (SSSR count). The Morgan fingerprint density at radius 2 is 1.69 bits per heavy atom. The first-order chi connectivity index (χ1) is 16.9. The Hall–Kier alpha value is -3.52. The van der Waals surface area contributed by atoms with Crippen LogP contribution in [0.1, 0.15) is 11.1 Å². The summed E-state index contributed by atoms with van der Waals surface area (Å²) in [6.07, 6.45) is 0. The SMILES string of the molecule is N#Cc1c(N2CCN(S(=O)(=O)c3cccs3)CC2)c2ccccc2n(Cc2ccc(F)cc2)c1=O. The number of pyridine rings is 1. The molecule has 0 N–H and O–H groups in total. The van der Waals surface area contributed by atoms with Crippen LogP contribution in [0.4, 0.5) is 10.1 Å². The van der Waals surface area contributed by atoms with Gasteiger partial charge in [-0.15, -0.1) is 11.3 Å². The first-order valence-electron chi connectivity index (χ1n) is 11.0. The van der Waals surface area contributed by atoms with Gasteiger partial charge in [0, 0.05) is 31.6 Å². The van der Waals surface area contributed by atoms with E-state index in [0.29, 0.717) is 28.5 Å². The van der Waals surface area contributed by atoms with Crippen molar-refractivity contribution < 1.29 is 12.8 Å². The third-order valence-electron chi connectivity index (χ3n) is 6.16. The number of hydrogen-bond donors (Lipinski definition) is 0. The van der Waals surface area contributed by atoms with Crippen molar-refractivity contribution in [1.82, 2.24) is 8.87 Å². The number of halogens is 1. The molecule has 0 spiro atoms. The molecule has 178 valence electrons. The van der Waals surface area contributed by atoms with Gasteiger partial charge in [0.15, 0.2) is 0 Å². The van der Waals surface area contributed by atoms with Gasteiger partial charge in [0.1, 0.15) is 21.7 Å². The van der Waals surface area contributed by atoms with E-state index in [1.165, 1.54) is 32.3 Å². The molecule has 7 nitrogen and oxygen atoms in total. The fourth-order valence-electron chi connectivity index (χ4n) is 4.44. The molecule has 0 saturated carbocycles. The standard InChI is InChI=1S/C25H21FN4O3S2/c26-19-9-7-18(8-10-19)17-30-22-5-2-1-4-20(22)24(21(16-27)25(30)31)28-11-13-29(14-12-28)35(32,33)23-6-3-15-34-23/h1-10,15H,11-14,17H2. The van der Waals surface area contributed by atoms with Crippen LogP contribution in [0.2, 0.25) is 0 Å². The zero-order valence-electron chi connectivity index (χ0n) is 18.6. The summed E-state index contributed by atoms with van der Waals surface area (Å²) in [7, 11) is -3.57. The average molecular weight is 509 g/mol. The Morgan fingerprint density at radius 3 is 2.34 bits per heavy atom. The quantitative estimate of drug-likeness (QED) is 0.411. The number of anilines is 1. The minimum absolute atomic E-state index is 0.0142. The second-order valence-electron chi connectivity index (χ2n) is 8.19. The van der Waals surface area contributed by atoms with Gasteiger partial charge in [0.05, 0.1) is 17.7 Å². The molecule has 35 heavy (non-hydrogen) atoms. The summed E-state index contributed by atoms with van der Waals surface area (Å²) in [5.74, 6) is -0.362. The molecular formula is C25H21FN4O3S2. The van der Waals surface area contributed by atoms with Crippen molar-refractivity contribution in [2.75, 3.05) is 31.1 Å². The van der Waals surface area contributed by atoms with Crippen molar-refractivity contribution in [3.8, 4) is 6.07 Å². The highest BCUT2D eigenvalue weighted by Gasteiger charge is 2.31. The van der Waals surface area contributed by atoms with Gasteiger partial charge in [-0.2, -0.15) is 9.57 Å². The lowest BCUT2D eigenvalue weighted by molar-refractivity contribution is 0.386. The highest BCUT2D eigenvalue weighted by atomic mass is 32.2. The second-order valence-corrected chi connectivity index (χ2v) is 11.3. The van der Waals surface area contributed by atoms with Gasteiger partial charge in [-0.1, -0.05) is 36.4 Å². The number of nitriles is 1. The van der Waals surface area contributed by atoms with Gasteiger partial charge in [-0.3, -0.25) is 4.79 Å². The summed E-state index contributed by atoms with van der Waals surface area (Å²) in [4.78, 5) is 15.4.